The smallest absolute Gasteiger partial charge is 0.460 e. The second-order valence-electron chi connectivity index (χ2n) is 7.63. The molecule has 0 fully saturated rings. The molecule has 0 aliphatic heterocycles. The molecule has 3 heterocycles. The molecule has 0 saturated heterocycles. The number of ether oxygens (including phenoxy) is 1. The van der Waals surface area contributed by atoms with Crippen molar-refractivity contribution >= 4 is 21.8 Å². The van der Waals surface area contributed by atoms with Gasteiger partial charge in [0.2, 0.25) is 11.8 Å². The molecule has 0 bridgehead atoms. The average Bonchev–Trinajstić information content (AvgIpc) is 3.20. The van der Waals surface area contributed by atoms with Gasteiger partial charge in [0, 0.05) is 23.5 Å². The van der Waals surface area contributed by atoms with Crippen LogP contribution in [0, 0.1) is 23.9 Å². The molecule has 35 heavy (non-hydrogen) atoms. The molecule has 172 valence electrons. The summed E-state index contributed by atoms with van der Waals surface area (Å²) in [7, 11) is 0. The monoisotopic (exact) mass is 642 g/mol. The number of hydrogen-bond acceptors (Lipinski definition) is 3. The van der Waals surface area contributed by atoms with E-state index < -0.39 is 11.8 Å². The molecule has 4 nitrogen and oxygen atoms in total. The van der Waals surface area contributed by atoms with Crippen LogP contribution in [-0.2, 0) is 21.1 Å². The number of nitrogens with zero attached hydrogens (tertiary/aromatic N) is 3. The molecule has 0 spiro atoms. The van der Waals surface area contributed by atoms with E-state index in [0.29, 0.717) is 22.7 Å². The number of benzene rings is 3. The van der Waals surface area contributed by atoms with Crippen LogP contribution in [0.25, 0.3) is 38.8 Å². The number of hydrogen-bond donors (Lipinski definition) is 0. The fraction of sp³-hybridized carbons (Fsp3) is 0. The molecule has 3 aromatic heterocycles. The van der Waals surface area contributed by atoms with Crippen molar-refractivity contribution in [1.29, 1.82) is 0 Å². The van der Waals surface area contributed by atoms with Gasteiger partial charge in [0.05, 0.1) is 0 Å². The Balaban J connectivity index is 0.00000253. The summed E-state index contributed by atoms with van der Waals surface area (Å²) >= 11 is 0. The third kappa shape index (κ3) is 4.22. The van der Waals surface area contributed by atoms with Crippen molar-refractivity contribution in [2.24, 2.45) is 0 Å². The average molecular weight is 643 g/mol. The van der Waals surface area contributed by atoms with Gasteiger partial charge in [-0.3, -0.25) is 0 Å². The third-order valence-corrected chi connectivity index (χ3v) is 5.50. The van der Waals surface area contributed by atoms with Crippen molar-refractivity contribution < 1.29 is 34.6 Å². The van der Waals surface area contributed by atoms with E-state index >= 15 is 0 Å². The van der Waals surface area contributed by atoms with Crippen molar-refractivity contribution in [1.82, 2.24) is 14.5 Å². The van der Waals surface area contributed by atoms with Crippen LogP contribution < -0.4 is 4.74 Å². The molecule has 0 amide bonds. The first-order chi connectivity index (χ1) is 16.7. The number of halogens is 2. The van der Waals surface area contributed by atoms with Gasteiger partial charge < -0.3 is 9.30 Å². The maximum atomic E-state index is 14.8. The summed E-state index contributed by atoms with van der Waals surface area (Å²) < 4.78 is 36.2. The third-order valence-electron chi connectivity index (χ3n) is 5.50. The Morgan fingerprint density at radius 1 is 0.743 bits per heavy atom. The zero-order valence-electron chi connectivity index (χ0n) is 18.0. The van der Waals surface area contributed by atoms with Gasteiger partial charge in [-0.05, 0) is 35.2 Å². The number of para-hydroxylation sites is 1. The maximum absolute atomic E-state index is 14.8. The largest absolute Gasteiger partial charge is 2.00 e. The molecule has 6 aromatic rings. The molecule has 7 heteroatoms. The Morgan fingerprint density at radius 2 is 1.57 bits per heavy atom. The quantitative estimate of drug-likeness (QED) is 0.155. The Morgan fingerprint density at radius 3 is 2.43 bits per heavy atom. The van der Waals surface area contributed by atoms with E-state index in [9.17, 15) is 8.78 Å². The molecular weight excluding hydrogens is 627 g/mol. The molecule has 0 radical (unpaired) electrons. The van der Waals surface area contributed by atoms with Crippen LogP contribution in [0.4, 0.5) is 8.78 Å². The molecule has 0 saturated carbocycles. The fourth-order valence-corrected chi connectivity index (χ4v) is 4.02. The van der Waals surface area contributed by atoms with Crippen molar-refractivity contribution in [2.75, 3.05) is 0 Å². The number of rotatable bonds is 4. The zero-order valence-corrected chi connectivity index (χ0v) is 20.3. The summed E-state index contributed by atoms with van der Waals surface area (Å²) in [4.78, 5) is 8.02. The molecule has 3 aromatic carbocycles. The van der Waals surface area contributed by atoms with Crippen LogP contribution >= 0.6 is 0 Å². The van der Waals surface area contributed by atoms with E-state index in [4.69, 9.17) is 4.74 Å². The molecule has 0 N–H and O–H groups in total. The van der Waals surface area contributed by atoms with Crippen molar-refractivity contribution in [3.63, 3.8) is 0 Å². The van der Waals surface area contributed by atoms with E-state index in [1.807, 2.05) is 60.7 Å². The Bertz CT molecular complexity index is 1670. The van der Waals surface area contributed by atoms with Gasteiger partial charge in [0.25, 0.3) is 0 Å². The van der Waals surface area contributed by atoms with E-state index in [1.165, 1.54) is 0 Å². The first kappa shape index (κ1) is 22.9. The van der Waals surface area contributed by atoms with E-state index in [2.05, 4.69) is 22.1 Å². The van der Waals surface area contributed by atoms with Crippen molar-refractivity contribution in [2.45, 2.75) is 0 Å². The van der Waals surface area contributed by atoms with Crippen LogP contribution in [0.1, 0.15) is 0 Å². The summed E-state index contributed by atoms with van der Waals surface area (Å²) in [5.74, 6) is -0.534. The topological polar surface area (TPSA) is 39.9 Å². The van der Waals surface area contributed by atoms with Gasteiger partial charge >= 0.3 is 21.1 Å². The summed E-state index contributed by atoms with van der Waals surface area (Å²) in [5.41, 5.74) is 2.75. The molecule has 0 aliphatic rings. The first-order valence-electron chi connectivity index (χ1n) is 10.6. The van der Waals surface area contributed by atoms with Crippen LogP contribution in [-0.4, -0.2) is 14.5 Å². The molecule has 6 rings (SSSR count). The zero-order chi connectivity index (χ0) is 23.1. The minimum atomic E-state index is -0.758. The Hall–Kier alpha value is -3.89. The van der Waals surface area contributed by atoms with Gasteiger partial charge in [-0.25, -0.2) is 20.5 Å². The summed E-state index contributed by atoms with van der Waals surface area (Å²) in [5, 5.41) is 1.74. The van der Waals surface area contributed by atoms with Crippen molar-refractivity contribution in [3.05, 3.63) is 115 Å². The summed E-state index contributed by atoms with van der Waals surface area (Å²) in [6, 6.07) is 31.0. The van der Waals surface area contributed by atoms with Gasteiger partial charge in [0.1, 0.15) is 0 Å². The predicted molar refractivity (Wildman–Crippen MR) is 126 cm³/mol. The van der Waals surface area contributed by atoms with Crippen LogP contribution in [0.3, 0.4) is 0 Å². The standard InChI is InChI=1S/C28H15F2N3O.Pt/c29-23-13-14-26(30)32-28(23)33-24-9-2-1-8-21(24)22-12-11-19(17-25(22)33)18-6-5-7-20(16-18)34-27-10-3-4-15-31-27;/h1-15H;/q-2;+2. The van der Waals surface area contributed by atoms with Gasteiger partial charge in [-0.2, -0.15) is 33.6 Å². The summed E-state index contributed by atoms with van der Waals surface area (Å²) in [6.07, 6.45) is 1.65. The number of pyridine rings is 2. The van der Waals surface area contributed by atoms with E-state index in [-0.39, 0.29) is 26.9 Å². The van der Waals surface area contributed by atoms with Crippen LogP contribution in [0.5, 0.6) is 11.6 Å². The maximum Gasteiger partial charge on any atom is 2.00 e. The first-order valence-corrected chi connectivity index (χ1v) is 10.6. The van der Waals surface area contributed by atoms with Crippen molar-refractivity contribution in [3.8, 4) is 28.6 Å². The van der Waals surface area contributed by atoms with E-state index in [0.717, 1.165) is 34.0 Å². The van der Waals surface area contributed by atoms with Gasteiger partial charge in [-0.1, -0.05) is 29.7 Å². The number of fused-ring (bicyclic) bond motifs is 3. The Labute approximate surface area is 214 Å². The second kappa shape index (κ2) is 9.40. The predicted octanol–water partition coefficient (Wildman–Crippen LogP) is 6.91. The molecule has 0 unspecified atom stereocenters. The number of aromatic nitrogens is 3. The Kier molecular flexibility index (Phi) is 6.14. The molecular formula is C28H15F2N3OPt. The van der Waals surface area contributed by atoms with Gasteiger partial charge in [0.15, 0.2) is 11.6 Å². The SMILES string of the molecule is Fc1ccc(F)c(-n2c3[c-]c(-c4[c-]c(Oc5ccccn5)ccc4)ccc3c3ccccc32)n1.[Pt+2]. The molecule has 0 aliphatic carbocycles. The second-order valence-corrected chi connectivity index (χ2v) is 7.63. The summed E-state index contributed by atoms with van der Waals surface area (Å²) in [6.45, 7) is 0. The van der Waals surface area contributed by atoms with Gasteiger partial charge in [-0.15, -0.1) is 18.2 Å². The normalized spacial score (nSPS) is 10.9. The van der Waals surface area contributed by atoms with E-state index in [1.54, 1.807) is 22.9 Å². The van der Waals surface area contributed by atoms with Crippen LogP contribution in [0.15, 0.2) is 91.1 Å². The molecule has 0 atom stereocenters. The van der Waals surface area contributed by atoms with Crippen LogP contribution in [0.2, 0.25) is 0 Å². The minimum Gasteiger partial charge on any atom is -0.460 e. The minimum absolute atomic E-state index is 0. The fourth-order valence-electron chi connectivity index (χ4n) is 4.02.